The first-order chi connectivity index (χ1) is 18.8. The number of esters is 3. The smallest absolute Gasteiger partial charge is 0.343 e. The van der Waals surface area contributed by atoms with Crippen LogP contribution < -0.4 is 14.2 Å². The number of carbonyl (C=O) groups excluding carboxylic acids is 3. The molecule has 3 aromatic carbocycles. The van der Waals surface area contributed by atoms with E-state index >= 15 is 0 Å². The Morgan fingerprint density at radius 2 is 1.31 bits per heavy atom. The average Bonchev–Trinajstić information content (AvgIpc) is 2.93. The first-order valence-corrected chi connectivity index (χ1v) is 13.0. The maximum absolute atomic E-state index is 12.6. The fourth-order valence-corrected chi connectivity index (χ4v) is 3.57. The van der Waals surface area contributed by atoms with E-state index in [-0.39, 0.29) is 5.97 Å². The van der Waals surface area contributed by atoms with Gasteiger partial charge in [-0.25, -0.2) is 14.4 Å². The number of benzene rings is 3. The Morgan fingerprint density at radius 3 is 1.90 bits per heavy atom. The highest BCUT2D eigenvalue weighted by Crippen LogP contribution is 2.22. The molecule has 0 amide bonds. The first kappa shape index (κ1) is 29.2. The highest BCUT2D eigenvalue weighted by Gasteiger charge is 2.13. The second-order valence-electron chi connectivity index (χ2n) is 9.11. The summed E-state index contributed by atoms with van der Waals surface area (Å²) in [6.45, 7) is 9.96. The SMILES string of the molecule is C=C(C)C(=O)OCCCCCOc1ccc(C(=O)Oc2ccc(C(=O)Oc3ccc(CC)cc3)cc2)cc1C. The number of carbonyl (C=O) groups is 3. The first-order valence-electron chi connectivity index (χ1n) is 13.0. The molecule has 3 rings (SSSR count). The molecule has 0 N–H and O–H groups in total. The van der Waals surface area contributed by atoms with E-state index in [1.54, 1.807) is 61.5 Å². The Morgan fingerprint density at radius 1 is 0.744 bits per heavy atom. The molecular weight excluding hydrogens is 496 g/mol. The summed E-state index contributed by atoms with van der Waals surface area (Å²) in [4.78, 5) is 36.4. The Labute approximate surface area is 229 Å². The molecule has 0 aromatic heterocycles. The number of hydrogen-bond acceptors (Lipinski definition) is 7. The number of unbranched alkanes of at least 4 members (excludes halogenated alkanes) is 2. The monoisotopic (exact) mass is 530 g/mol. The van der Waals surface area contributed by atoms with Crippen molar-refractivity contribution >= 4 is 17.9 Å². The van der Waals surface area contributed by atoms with Crippen LogP contribution in [0, 0.1) is 6.92 Å². The fourth-order valence-electron chi connectivity index (χ4n) is 3.57. The van der Waals surface area contributed by atoms with Crippen LogP contribution in [0.3, 0.4) is 0 Å². The maximum Gasteiger partial charge on any atom is 0.343 e. The van der Waals surface area contributed by atoms with E-state index in [9.17, 15) is 14.4 Å². The zero-order valence-electron chi connectivity index (χ0n) is 22.7. The van der Waals surface area contributed by atoms with Crippen LogP contribution in [0.15, 0.2) is 78.9 Å². The molecule has 0 fully saturated rings. The summed E-state index contributed by atoms with van der Waals surface area (Å²) in [5, 5.41) is 0. The molecule has 3 aromatic rings. The van der Waals surface area contributed by atoms with Gasteiger partial charge in [0.15, 0.2) is 0 Å². The van der Waals surface area contributed by atoms with Crippen LogP contribution in [0.1, 0.15) is 65.0 Å². The predicted molar refractivity (Wildman–Crippen MR) is 148 cm³/mol. The molecule has 0 saturated heterocycles. The van der Waals surface area contributed by atoms with Gasteiger partial charge in [-0.05, 0) is 105 Å². The molecule has 0 radical (unpaired) electrons. The second kappa shape index (κ2) is 14.5. The van der Waals surface area contributed by atoms with Gasteiger partial charge in [-0.15, -0.1) is 0 Å². The van der Waals surface area contributed by atoms with Crippen molar-refractivity contribution in [3.05, 3.63) is 101 Å². The number of ether oxygens (including phenoxy) is 4. The fraction of sp³-hybridized carbons (Fsp3) is 0.281. The standard InChI is InChI=1S/C32H34O7/c1-5-24-9-14-27(15-10-24)38-31(34)25-11-16-28(17-12-25)39-32(35)26-13-18-29(23(4)21-26)36-19-7-6-8-20-37-30(33)22(2)3/h9-18,21H,2,5-8,19-20H2,1,3-4H3. The van der Waals surface area contributed by atoms with Crippen LogP contribution in [0.4, 0.5) is 0 Å². The zero-order chi connectivity index (χ0) is 28.2. The predicted octanol–water partition coefficient (Wildman–Crippen LogP) is 6.66. The van der Waals surface area contributed by atoms with Gasteiger partial charge in [0, 0.05) is 5.57 Å². The lowest BCUT2D eigenvalue weighted by Gasteiger charge is -2.11. The Hall–Kier alpha value is -4.39. The quantitative estimate of drug-likeness (QED) is 0.106. The van der Waals surface area contributed by atoms with E-state index in [0.29, 0.717) is 47.2 Å². The maximum atomic E-state index is 12.6. The molecule has 39 heavy (non-hydrogen) atoms. The molecule has 0 saturated carbocycles. The van der Waals surface area contributed by atoms with Crippen molar-refractivity contribution in [1.29, 1.82) is 0 Å². The van der Waals surface area contributed by atoms with Gasteiger partial charge in [-0.3, -0.25) is 0 Å². The Bertz CT molecular complexity index is 1290. The van der Waals surface area contributed by atoms with Gasteiger partial charge in [0.25, 0.3) is 0 Å². The summed E-state index contributed by atoms with van der Waals surface area (Å²) >= 11 is 0. The summed E-state index contributed by atoms with van der Waals surface area (Å²) in [6.07, 6.45) is 3.32. The van der Waals surface area contributed by atoms with Gasteiger partial charge in [0.05, 0.1) is 24.3 Å². The molecule has 0 unspecified atom stereocenters. The van der Waals surface area contributed by atoms with Gasteiger partial charge in [-0.1, -0.05) is 25.6 Å². The van der Waals surface area contributed by atoms with Crippen molar-refractivity contribution < 1.29 is 33.3 Å². The highest BCUT2D eigenvalue weighted by atomic mass is 16.5. The molecule has 7 nitrogen and oxygen atoms in total. The van der Waals surface area contributed by atoms with Crippen molar-refractivity contribution in [2.45, 2.75) is 46.5 Å². The molecule has 0 aliphatic carbocycles. The van der Waals surface area contributed by atoms with Crippen molar-refractivity contribution in [2.24, 2.45) is 0 Å². The third-order valence-electron chi connectivity index (χ3n) is 5.88. The lowest BCUT2D eigenvalue weighted by Crippen LogP contribution is -2.11. The topological polar surface area (TPSA) is 88.1 Å². The number of hydrogen-bond donors (Lipinski definition) is 0. The van der Waals surface area contributed by atoms with Gasteiger partial charge in [0.2, 0.25) is 0 Å². The number of aryl methyl sites for hydroxylation is 2. The minimum Gasteiger partial charge on any atom is -0.493 e. The van der Waals surface area contributed by atoms with Crippen LogP contribution in [0.2, 0.25) is 0 Å². The largest absolute Gasteiger partial charge is 0.493 e. The van der Waals surface area contributed by atoms with E-state index in [0.717, 1.165) is 36.8 Å². The minimum absolute atomic E-state index is 0.316. The Balaban J connectivity index is 1.44. The number of rotatable bonds is 13. The lowest BCUT2D eigenvalue weighted by atomic mass is 10.1. The molecular formula is C32H34O7. The molecule has 0 bridgehead atoms. The molecule has 0 spiro atoms. The van der Waals surface area contributed by atoms with Crippen LogP contribution in [0.5, 0.6) is 17.2 Å². The minimum atomic E-state index is -0.514. The van der Waals surface area contributed by atoms with Crippen LogP contribution in [0.25, 0.3) is 0 Å². The van der Waals surface area contributed by atoms with E-state index < -0.39 is 11.9 Å². The van der Waals surface area contributed by atoms with Crippen molar-refractivity contribution in [3.8, 4) is 17.2 Å². The highest BCUT2D eigenvalue weighted by molar-refractivity contribution is 5.93. The second-order valence-corrected chi connectivity index (χ2v) is 9.11. The summed E-state index contributed by atoms with van der Waals surface area (Å²) in [5.74, 6) is 0.0987. The van der Waals surface area contributed by atoms with E-state index in [2.05, 4.69) is 13.5 Å². The molecule has 0 atom stereocenters. The molecule has 204 valence electrons. The van der Waals surface area contributed by atoms with Gasteiger partial charge < -0.3 is 18.9 Å². The summed E-state index contributed by atoms with van der Waals surface area (Å²) in [5.41, 5.74) is 3.10. The van der Waals surface area contributed by atoms with Crippen molar-refractivity contribution in [3.63, 3.8) is 0 Å². The Kier molecular flexibility index (Phi) is 10.9. The third-order valence-corrected chi connectivity index (χ3v) is 5.88. The van der Waals surface area contributed by atoms with E-state index in [1.165, 1.54) is 0 Å². The average molecular weight is 531 g/mol. The van der Waals surface area contributed by atoms with Gasteiger partial charge in [0.1, 0.15) is 17.2 Å². The summed E-state index contributed by atoms with van der Waals surface area (Å²) in [6, 6.07) is 18.7. The van der Waals surface area contributed by atoms with Crippen LogP contribution in [-0.2, 0) is 16.0 Å². The van der Waals surface area contributed by atoms with E-state index in [4.69, 9.17) is 18.9 Å². The van der Waals surface area contributed by atoms with Crippen molar-refractivity contribution in [1.82, 2.24) is 0 Å². The summed E-state index contributed by atoms with van der Waals surface area (Å²) in [7, 11) is 0. The third kappa shape index (κ3) is 9.14. The molecule has 0 aliphatic rings. The molecule has 7 heteroatoms. The summed E-state index contributed by atoms with van der Waals surface area (Å²) < 4.78 is 21.8. The van der Waals surface area contributed by atoms with Gasteiger partial charge in [-0.2, -0.15) is 0 Å². The molecule has 0 heterocycles. The normalized spacial score (nSPS) is 10.4. The van der Waals surface area contributed by atoms with E-state index in [1.807, 2.05) is 19.1 Å². The zero-order valence-corrected chi connectivity index (χ0v) is 22.7. The van der Waals surface area contributed by atoms with Crippen LogP contribution in [-0.4, -0.2) is 31.1 Å². The van der Waals surface area contributed by atoms with Crippen molar-refractivity contribution in [2.75, 3.05) is 13.2 Å². The lowest BCUT2D eigenvalue weighted by molar-refractivity contribution is -0.139. The molecule has 0 aliphatic heterocycles. The van der Waals surface area contributed by atoms with Crippen LogP contribution >= 0.6 is 0 Å². The van der Waals surface area contributed by atoms with Gasteiger partial charge >= 0.3 is 17.9 Å².